The fourth-order valence-corrected chi connectivity index (χ4v) is 4.64. The zero-order valence-corrected chi connectivity index (χ0v) is 19.2. The van der Waals surface area contributed by atoms with Gasteiger partial charge in [-0.2, -0.15) is 5.26 Å². The summed E-state index contributed by atoms with van der Waals surface area (Å²) >= 11 is 0. The molecule has 0 bridgehead atoms. The number of hydrogen-bond donors (Lipinski definition) is 0. The highest BCUT2D eigenvalue weighted by atomic mass is 32.2. The smallest absolute Gasteiger partial charge is 0.254 e. The van der Waals surface area contributed by atoms with Crippen molar-refractivity contribution >= 4 is 27.6 Å². The van der Waals surface area contributed by atoms with Crippen molar-refractivity contribution in [3.8, 4) is 23.3 Å². The average Bonchev–Trinajstić information content (AvgIpc) is 3.28. The molecule has 1 aliphatic rings. The molecule has 3 aromatic heterocycles. The first kappa shape index (κ1) is 21.9. The van der Waals surface area contributed by atoms with Gasteiger partial charge in [-0.3, -0.25) is 13.6 Å². The summed E-state index contributed by atoms with van der Waals surface area (Å²) in [6.07, 6.45) is 6.61. The van der Waals surface area contributed by atoms with Crippen molar-refractivity contribution in [3.05, 3.63) is 66.2 Å². The normalized spacial score (nSPS) is 14.6. The Balaban J connectivity index is 1.56. The standard InChI is InChI=1S/C24H20N6O3S/c1-34(32)22-15-30(24-26-13-17(14-27-24)20-4-2-3-18(12-25)28-20)21-11-16(5-6-19(21)22)23(31)29-7-9-33-10-8-29/h2-6,11,13-15H,7-10H2,1H3. The Bertz CT molecular complexity index is 1450. The number of ether oxygens (including phenoxy) is 1. The molecule has 170 valence electrons. The predicted molar refractivity (Wildman–Crippen MR) is 126 cm³/mol. The lowest BCUT2D eigenvalue weighted by Gasteiger charge is -2.26. The molecule has 4 heterocycles. The molecule has 0 aliphatic carbocycles. The van der Waals surface area contributed by atoms with E-state index >= 15 is 0 Å². The van der Waals surface area contributed by atoms with Crippen LogP contribution >= 0.6 is 0 Å². The van der Waals surface area contributed by atoms with Crippen LogP contribution in [-0.4, -0.2) is 67.1 Å². The molecule has 0 radical (unpaired) electrons. The molecule has 0 saturated carbocycles. The first-order valence-corrected chi connectivity index (χ1v) is 12.2. The Labute approximate surface area is 198 Å². The third-order valence-corrected chi connectivity index (χ3v) is 6.58. The SMILES string of the molecule is CS(=O)c1cn(-c2ncc(-c3cccc(C#N)n3)cn2)c2cc(C(=O)N3CCOCC3)ccc12. The first-order valence-electron chi connectivity index (χ1n) is 10.6. The van der Waals surface area contributed by atoms with Crippen molar-refractivity contribution in [3.63, 3.8) is 0 Å². The highest BCUT2D eigenvalue weighted by Crippen LogP contribution is 2.28. The molecular formula is C24H20N6O3S. The van der Waals surface area contributed by atoms with E-state index in [-0.39, 0.29) is 5.91 Å². The summed E-state index contributed by atoms with van der Waals surface area (Å²) in [5.41, 5.74) is 2.81. The minimum Gasteiger partial charge on any atom is -0.378 e. The van der Waals surface area contributed by atoms with Gasteiger partial charge in [-0.05, 0) is 24.3 Å². The Morgan fingerprint density at radius 1 is 1.15 bits per heavy atom. The van der Waals surface area contributed by atoms with E-state index in [1.807, 2.05) is 12.1 Å². The van der Waals surface area contributed by atoms with Crippen LogP contribution in [-0.2, 0) is 15.5 Å². The van der Waals surface area contributed by atoms with Gasteiger partial charge < -0.3 is 9.64 Å². The second-order valence-corrected chi connectivity index (χ2v) is 9.09. The van der Waals surface area contributed by atoms with E-state index in [0.29, 0.717) is 65.2 Å². The molecule has 1 saturated heterocycles. The van der Waals surface area contributed by atoms with E-state index in [9.17, 15) is 9.00 Å². The maximum Gasteiger partial charge on any atom is 0.254 e. The molecule has 1 unspecified atom stereocenters. The van der Waals surface area contributed by atoms with Crippen LogP contribution in [0.25, 0.3) is 28.1 Å². The van der Waals surface area contributed by atoms with Gasteiger partial charge in [-0.1, -0.05) is 12.1 Å². The van der Waals surface area contributed by atoms with Crippen molar-refractivity contribution in [2.75, 3.05) is 32.6 Å². The molecular weight excluding hydrogens is 452 g/mol. The summed E-state index contributed by atoms with van der Waals surface area (Å²) in [4.78, 5) is 28.7. The molecule has 1 aromatic carbocycles. The second-order valence-electron chi connectivity index (χ2n) is 7.75. The van der Waals surface area contributed by atoms with E-state index in [1.165, 1.54) is 0 Å². The lowest BCUT2D eigenvalue weighted by molar-refractivity contribution is 0.0303. The second kappa shape index (κ2) is 9.13. The maximum atomic E-state index is 13.0. The lowest BCUT2D eigenvalue weighted by atomic mass is 10.1. The van der Waals surface area contributed by atoms with Crippen molar-refractivity contribution in [2.45, 2.75) is 4.90 Å². The van der Waals surface area contributed by atoms with Crippen LogP contribution in [0.15, 0.2) is 59.9 Å². The molecule has 4 aromatic rings. The van der Waals surface area contributed by atoms with Gasteiger partial charge in [0.2, 0.25) is 5.95 Å². The maximum absolute atomic E-state index is 13.0. The summed E-state index contributed by atoms with van der Waals surface area (Å²) in [7, 11) is -1.24. The number of nitrogens with zero attached hydrogens (tertiary/aromatic N) is 6. The number of hydrogen-bond acceptors (Lipinski definition) is 7. The van der Waals surface area contributed by atoms with Crippen LogP contribution in [0, 0.1) is 11.3 Å². The number of carbonyl (C=O) groups is 1. The van der Waals surface area contributed by atoms with Crippen LogP contribution in [0.2, 0.25) is 0 Å². The van der Waals surface area contributed by atoms with Crippen LogP contribution in [0.3, 0.4) is 0 Å². The molecule has 0 N–H and O–H groups in total. The average molecular weight is 473 g/mol. The first-order chi connectivity index (χ1) is 16.5. The minimum atomic E-state index is -1.24. The molecule has 34 heavy (non-hydrogen) atoms. The molecule has 1 amide bonds. The van der Waals surface area contributed by atoms with Gasteiger partial charge in [0, 0.05) is 54.4 Å². The van der Waals surface area contributed by atoms with Crippen molar-refractivity contribution < 1.29 is 13.7 Å². The topological polar surface area (TPSA) is 114 Å². The number of carbonyl (C=O) groups excluding carboxylic acids is 1. The number of pyridine rings is 1. The van der Waals surface area contributed by atoms with Gasteiger partial charge in [0.1, 0.15) is 11.8 Å². The molecule has 0 spiro atoms. The van der Waals surface area contributed by atoms with Crippen LogP contribution < -0.4 is 0 Å². The highest BCUT2D eigenvalue weighted by molar-refractivity contribution is 7.84. The van der Waals surface area contributed by atoms with Crippen molar-refractivity contribution in [1.29, 1.82) is 5.26 Å². The van der Waals surface area contributed by atoms with Crippen molar-refractivity contribution in [1.82, 2.24) is 24.4 Å². The molecule has 1 atom stereocenters. The van der Waals surface area contributed by atoms with E-state index in [1.54, 1.807) is 64.6 Å². The van der Waals surface area contributed by atoms with Crippen molar-refractivity contribution in [2.24, 2.45) is 0 Å². The summed E-state index contributed by atoms with van der Waals surface area (Å²) < 4.78 is 19.5. The molecule has 1 aliphatic heterocycles. The quantitative estimate of drug-likeness (QED) is 0.448. The third-order valence-electron chi connectivity index (χ3n) is 5.64. The fourth-order valence-electron chi connectivity index (χ4n) is 3.91. The lowest BCUT2D eigenvalue weighted by Crippen LogP contribution is -2.40. The minimum absolute atomic E-state index is 0.0724. The zero-order valence-electron chi connectivity index (χ0n) is 18.3. The Morgan fingerprint density at radius 2 is 1.91 bits per heavy atom. The van der Waals surface area contributed by atoms with E-state index in [0.717, 1.165) is 5.39 Å². The molecule has 1 fully saturated rings. The third kappa shape index (κ3) is 4.07. The van der Waals surface area contributed by atoms with Gasteiger partial charge >= 0.3 is 0 Å². The number of morpholine rings is 1. The Hall–Kier alpha value is -3.94. The van der Waals surface area contributed by atoms with Crippen LogP contribution in [0.1, 0.15) is 16.1 Å². The number of aromatic nitrogens is 4. The summed E-state index contributed by atoms with van der Waals surface area (Å²) in [6.45, 7) is 2.15. The Kier molecular flexibility index (Phi) is 5.88. The monoisotopic (exact) mass is 472 g/mol. The number of amides is 1. The number of rotatable bonds is 4. The van der Waals surface area contributed by atoms with Gasteiger partial charge in [0.15, 0.2) is 0 Å². The summed E-state index contributed by atoms with van der Waals surface area (Å²) in [6, 6.07) is 12.6. The van der Waals surface area contributed by atoms with E-state index in [4.69, 9.17) is 10.00 Å². The Morgan fingerprint density at radius 3 is 2.62 bits per heavy atom. The van der Waals surface area contributed by atoms with Gasteiger partial charge in [-0.25, -0.2) is 15.0 Å². The molecule has 10 heteroatoms. The largest absolute Gasteiger partial charge is 0.378 e. The number of nitriles is 1. The van der Waals surface area contributed by atoms with Crippen LogP contribution in [0.5, 0.6) is 0 Å². The van der Waals surface area contributed by atoms with E-state index < -0.39 is 10.8 Å². The van der Waals surface area contributed by atoms with Crippen LogP contribution in [0.4, 0.5) is 0 Å². The summed E-state index contributed by atoms with van der Waals surface area (Å²) in [5, 5.41) is 9.86. The zero-order chi connectivity index (χ0) is 23.7. The molecule has 5 rings (SSSR count). The number of fused-ring (bicyclic) bond motifs is 1. The fraction of sp³-hybridized carbons (Fsp3) is 0.208. The van der Waals surface area contributed by atoms with E-state index in [2.05, 4.69) is 15.0 Å². The van der Waals surface area contributed by atoms with Gasteiger partial charge in [0.25, 0.3) is 5.91 Å². The molecule has 9 nitrogen and oxygen atoms in total. The predicted octanol–water partition coefficient (Wildman–Crippen LogP) is 2.56. The van der Waals surface area contributed by atoms with Gasteiger partial charge in [0.05, 0.1) is 40.1 Å². The highest BCUT2D eigenvalue weighted by Gasteiger charge is 2.21. The summed E-state index contributed by atoms with van der Waals surface area (Å²) in [5.74, 6) is 0.301. The van der Waals surface area contributed by atoms with Gasteiger partial charge in [-0.15, -0.1) is 0 Å². The number of benzene rings is 1.